The Morgan fingerprint density at radius 2 is 2.06 bits per heavy atom. The van der Waals surface area contributed by atoms with E-state index < -0.39 is 5.82 Å². The summed E-state index contributed by atoms with van der Waals surface area (Å²) in [6, 6.07) is 3.99. The average molecular weight is 241 g/mol. The van der Waals surface area contributed by atoms with Gasteiger partial charge < -0.3 is 15.5 Å². The molecule has 0 heterocycles. The van der Waals surface area contributed by atoms with Gasteiger partial charge in [0.25, 0.3) is 0 Å². The number of hydrogen-bond acceptors (Lipinski definition) is 3. The Balaban J connectivity index is 2.44. The monoisotopic (exact) mass is 241 g/mol. The molecule has 4 heteroatoms. The Labute approximate surface area is 101 Å². The highest BCUT2D eigenvalue weighted by atomic mass is 19.1. The molecule has 2 atom stereocenters. The van der Waals surface area contributed by atoms with Crippen LogP contribution in [0, 0.1) is 5.82 Å². The summed E-state index contributed by atoms with van der Waals surface area (Å²) >= 11 is 0. The number of aliphatic hydroxyl groups excluding tert-OH is 1. The SMILES string of the molecule is CC(O)CCCNC(C)c1ccc(F)cc1O. The maximum absolute atomic E-state index is 12.8. The molecule has 0 fully saturated rings. The van der Waals surface area contributed by atoms with E-state index in [1.54, 1.807) is 13.0 Å². The van der Waals surface area contributed by atoms with Gasteiger partial charge in [0.2, 0.25) is 0 Å². The smallest absolute Gasteiger partial charge is 0.126 e. The molecule has 3 N–H and O–H groups in total. The lowest BCUT2D eigenvalue weighted by atomic mass is 10.1. The van der Waals surface area contributed by atoms with Gasteiger partial charge in [-0.3, -0.25) is 0 Å². The summed E-state index contributed by atoms with van der Waals surface area (Å²) in [6.07, 6.45) is 1.32. The molecule has 17 heavy (non-hydrogen) atoms. The van der Waals surface area contributed by atoms with Crippen LogP contribution in [-0.4, -0.2) is 22.9 Å². The quantitative estimate of drug-likeness (QED) is 0.670. The second kappa shape index (κ2) is 6.57. The molecule has 3 nitrogen and oxygen atoms in total. The normalized spacial score (nSPS) is 14.6. The molecule has 2 unspecified atom stereocenters. The van der Waals surface area contributed by atoms with Crippen molar-refractivity contribution in [1.29, 1.82) is 0 Å². The van der Waals surface area contributed by atoms with Gasteiger partial charge in [-0.25, -0.2) is 4.39 Å². The molecule has 1 aromatic carbocycles. The van der Waals surface area contributed by atoms with Gasteiger partial charge in [0.15, 0.2) is 0 Å². The van der Waals surface area contributed by atoms with Crippen molar-refractivity contribution in [3.8, 4) is 5.75 Å². The molecule has 0 saturated heterocycles. The van der Waals surface area contributed by atoms with Crippen LogP contribution in [0.2, 0.25) is 0 Å². The second-order valence-electron chi connectivity index (χ2n) is 4.37. The van der Waals surface area contributed by atoms with Crippen LogP contribution in [-0.2, 0) is 0 Å². The van der Waals surface area contributed by atoms with Gasteiger partial charge in [-0.1, -0.05) is 6.07 Å². The van der Waals surface area contributed by atoms with E-state index >= 15 is 0 Å². The molecule has 1 rings (SSSR count). The molecule has 0 amide bonds. The highest BCUT2D eigenvalue weighted by Gasteiger charge is 2.10. The van der Waals surface area contributed by atoms with Crippen LogP contribution in [0.3, 0.4) is 0 Å². The molecule has 1 aromatic rings. The van der Waals surface area contributed by atoms with Crippen LogP contribution >= 0.6 is 0 Å². The Morgan fingerprint density at radius 1 is 1.35 bits per heavy atom. The van der Waals surface area contributed by atoms with Gasteiger partial charge in [0, 0.05) is 17.7 Å². The molecular formula is C13H20FNO2. The maximum Gasteiger partial charge on any atom is 0.126 e. The number of nitrogens with one attached hydrogen (secondary N) is 1. The standard InChI is InChI=1S/C13H20FNO2/c1-9(16)4-3-7-15-10(2)12-6-5-11(14)8-13(12)17/h5-6,8-10,15-17H,3-4,7H2,1-2H3. The summed E-state index contributed by atoms with van der Waals surface area (Å²) in [4.78, 5) is 0. The van der Waals surface area contributed by atoms with E-state index in [2.05, 4.69) is 5.32 Å². The van der Waals surface area contributed by atoms with Crippen LogP contribution < -0.4 is 5.32 Å². The van der Waals surface area contributed by atoms with Gasteiger partial charge >= 0.3 is 0 Å². The Kier molecular flexibility index (Phi) is 5.38. The lowest BCUT2D eigenvalue weighted by molar-refractivity contribution is 0.181. The van der Waals surface area contributed by atoms with Crippen LogP contribution in [0.15, 0.2) is 18.2 Å². The fourth-order valence-corrected chi connectivity index (χ4v) is 1.71. The predicted molar refractivity (Wildman–Crippen MR) is 65.4 cm³/mol. The first-order valence-electron chi connectivity index (χ1n) is 5.90. The highest BCUT2D eigenvalue weighted by Crippen LogP contribution is 2.24. The number of rotatable bonds is 6. The second-order valence-corrected chi connectivity index (χ2v) is 4.37. The van der Waals surface area contributed by atoms with Crippen molar-refractivity contribution in [2.75, 3.05) is 6.54 Å². The molecule has 0 saturated carbocycles. The molecule has 0 spiro atoms. The Morgan fingerprint density at radius 3 is 2.65 bits per heavy atom. The van der Waals surface area contributed by atoms with E-state index in [-0.39, 0.29) is 17.9 Å². The number of phenols is 1. The third-order valence-electron chi connectivity index (χ3n) is 2.71. The zero-order chi connectivity index (χ0) is 12.8. The van der Waals surface area contributed by atoms with Crippen molar-refractivity contribution in [3.63, 3.8) is 0 Å². The number of benzene rings is 1. The first kappa shape index (κ1) is 13.9. The van der Waals surface area contributed by atoms with Crippen molar-refractivity contribution < 1.29 is 14.6 Å². The zero-order valence-electron chi connectivity index (χ0n) is 10.3. The molecular weight excluding hydrogens is 221 g/mol. The van der Waals surface area contributed by atoms with Crippen molar-refractivity contribution in [2.45, 2.75) is 38.8 Å². The number of aliphatic hydroxyl groups is 1. The minimum Gasteiger partial charge on any atom is -0.508 e. The Hall–Kier alpha value is -1.13. The van der Waals surface area contributed by atoms with Crippen molar-refractivity contribution in [1.82, 2.24) is 5.32 Å². The summed E-state index contributed by atoms with van der Waals surface area (Å²) in [5.74, 6) is -0.465. The summed E-state index contributed by atoms with van der Waals surface area (Å²) in [5.41, 5.74) is 0.684. The minimum atomic E-state index is -0.437. The number of aromatic hydroxyl groups is 1. The van der Waals surface area contributed by atoms with Crippen molar-refractivity contribution in [3.05, 3.63) is 29.6 Å². The van der Waals surface area contributed by atoms with E-state index in [1.807, 2.05) is 6.92 Å². The van der Waals surface area contributed by atoms with Gasteiger partial charge in [-0.05, 0) is 39.3 Å². The Bertz CT molecular complexity index is 355. The third kappa shape index (κ3) is 4.71. The summed E-state index contributed by atoms with van der Waals surface area (Å²) in [6.45, 7) is 4.42. The molecule has 0 radical (unpaired) electrons. The molecule has 96 valence electrons. The van der Waals surface area contributed by atoms with Crippen LogP contribution in [0.25, 0.3) is 0 Å². The van der Waals surface area contributed by atoms with E-state index in [4.69, 9.17) is 5.11 Å². The summed E-state index contributed by atoms with van der Waals surface area (Å²) in [5, 5.41) is 21.9. The van der Waals surface area contributed by atoms with Crippen molar-refractivity contribution in [2.24, 2.45) is 0 Å². The zero-order valence-corrected chi connectivity index (χ0v) is 10.3. The predicted octanol–water partition coefficient (Wildman–Crippen LogP) is 2.34. The molecule has 0 bridgehead atoms. The van der Waals surface area contributed by atoms with Crippen molar-refractivity contribution >= 4 is 0 Å². The minimum absolute atomic E-state index is 0.0273. The van der Waals surface area contributed by atoms with Gasteiger partial charge in [0.05, 0.1) is 6.10 Å². The van der Waals surface area contributed by atoms with Crippen LogP contribution in [0.1, 0.15) is 38.3 Å². The van der Waals surface area contributed by atoms with E-state index in [1.165, 1.54) is 6.07 Å². The number of phenolic OH excluding ortho intramolecular Hbond substituents is 1. The van der Waals surface area contributed by atoms with Gasteiger partial charge in [-0.2, -0.15) is 0 Å². The fraction of sp³-hybridized carbons (Fsp3) is 0.538. The molecule has 0 aliphatic heterocycles. The largest absolute Gasteiger partial charge is 0.508 e. The number of hydrogen-bond donors (Lipinski definition) is 3. The van der Waals surface area contributed by atoms with E-state index in [0.717, 1.165) is 25.5 Å². The summed E-state index contributed by atoms with van der Waals surface area (Å²) < 4.78 is 12.8. The van der Waals surface area contributed by atoms with Crippen LogP contribution in [0.4, 0.5) is 4.39 Å². The lowest BCUT2D eigenvalue weighted by Crippen LogP contribution is -2.20. The van der Waals surface area contributed by atoms with Crippen LogP contribution in [0.5, 0.6) is 5.75 Å². The first-order chi connectivity index (χ1) is 8.00. The highest BCUT2D eigenvalue weighted by molar-refractivity contribution is 5.34. The first-order valence-corrected chi connectivity index (χ1v) is 5.90. The van der Waals surface area contributed by atoms with Gasteiger partial charge in [-0.15, -0.1) is 0 Å². The van der Waals surface area contributed by atoms with Gasteiger partial charge in [0.1, 0.15) is 11.6 Å². The third-order valence-corrected chi connectivity index (χ3v) is 2.71. The lowest BCUT2D eigenvalue weighted by Gasteiger charge is -2.15. The molecule has 0 aliphatic carbocycles. The maximum atomic E-state index is 12.8. The number of halogens is 1. The molecule has 0 aromatic heterocycles. The van der Waals surface area contributed by atoms with E-state index in [0.29, 0.717) is 5.56 Å². The van der Waals surface area contributed by atoms with E-state index in [9.17, 15) is 9.50 Å². The molecule has 0 aliphatic rings. The topological polar surface area (TPSA) is 52.5 Å². The average Bonchev–Trinajstić information content (AvgIpc) is 2.23. The summed E-state index contributed by atoms with van der Waals surface area (Å²) in [7, 11) is 0. The fourth-order valence-electron chi connectivity index (χ4n) is 1.71.